The van der Waals surface area contributed by atoms with Gasteiger partial charge < -0.3 is 24.4 Å². The van der Waals surface area contributed by atoms with Crippen molar-refractivity contribution in [3.63, 3.8) is 0 Å². The summed E-state index contributed by atoms with van der Waals surface area (Å²) in [6.45, 7) is 2.19. The van der Waals surface area contributed by atoms with Gasteiger partial charge in [-0.1, -0.05) is 74.7 Å². The van der Waals surface area contributed by atoms with Gasteiger partial charge in [-0.3, -0.25) is 14.4 Å². The number of benzene rings is 1. The molecule has 2 amide bonds. The van der Waals surface area contributed by atoms with E-state index in [-0.39, 0.29) is 31.1 Å². The summed E-state index contributed by atoms with van der Waals surface area (Å²) in [5.74, 6) is -2.76. The standard InChI is InChI=1S/C31H38N2O6/c1-2-30-15-10-18-38-29(37)25(30)24-27(35)33(23(20-34)19-21-11-5-3-6-12-21)26-28(36)32(22-13-7-4-8-14-22)17-9-16-31(24,26)39-30/h3,5-6,9-12,15-16,22-26,34H,2,4,7-8,13-14,17-20H2,1H3/t23-,24+,25-,26?,30+,31+/m1/s1. The lowest BCUT2D eigenvalue weighted by Crippen LogP contribution is -2.60. The second-order valence-corrected chi connectivity index (χ2v) is 11.6. The minimum Gasteiger partial charge on any atom is -0.461 e. The highest BCUT2D eigenvalue weighted by atomic mass is 16.6. The normalized spacial score (nSPS) is 35.2. The van der Waals surface area contributed by atoms with E-state index in [9.17, 15) is 19.5 Å². The molecule has 4 heterocycles. The van der Waals surface area contributed by atoms with Crippen molar-refractivity contribution in [3.05, 3.63) is 60.2 Å². The van der Waals surface area contributed by atoms with Crippen molar-refractivity contribution in [1.82, 2.24) is 9.80 Å². The third kappa shape index (κ3) is 4.06. The molecule has 4 aliphatic heterocycles. The molecule has 39 heavy (non-hydrogen) atoms. The first kappa shape index (κ1) is 26.3. The summed E-state index contributed by atoms with van der Waals surface area (Å²) < 4.78 is 12.5. The second-order valence-electron chi connectivity index (χ2n) is 11.6. The highest BCUT2D eigenvalue weighted by Gasteiger charge is 2.76. The van der Waals surface area contributed by atoms with Crippen LogP contribution in [0.25, 0.3) is 0 Å². The third-order valence-electron chi connectivity index (χ3n) is 9.60. The van der Waals surface area contributed by atoms with Gasteiger partial charge in [0, 0.05) is 12.6 Å². The Hall–Kier alpha value is -2.97. The fourth-order valence-electron chi connectivity index (χ4n) is 7.80. The molecule has 1 saturated carbocycles. The first-order valence-corrected chi connectivity index (χ1v) is 14.5. The minimum atomic E-state index is -1.33. The zero-order valence-electron chi connectivity index (χ0n) is 22.5. The number of carbonyl (C=O) groups is 3. The topological polar surface area (TPSA) is 96.4 Å². The monoisotopic (exact) mass is 534 g/mol. The number of hydrogen-bond donors (Lipinski definition) is 1. The van der Waals surface area contributed by atoms with Crippen molar-refractivity contribution in [3.8, 4) is 0 Å². The number of amides is 2. The molecule has 8 heteroatoms. The third-order valence-corrected chi connectivity index (χ3v) is 9.60. The number of cyclic esters (lactones) is 1. The predicted molar refractivity (Wildman–Crippen MR) is 143 cm³/mol. The molecule has 0 bridgehead atoms. The van der Waals surface area contributed by atoms with Crippen LogP contribution >= 0.6 is 0 Å². The van der Waals surface area contributed by atoms with E-state index in [0.29, 0.717) is 19.4 Å². The number of likely N-dealkylation sites (tertiary alicyclic amines) is 1. The van der Waals surface area contributed by atoms with Gasteiger partial charge in [0.25, 0.3) is 0 Å². The van der Waals surface area contributed by atoms with Crippen LogP contribution in [0, 0.1) is 11.8 Å². The number of nitrogens with zero attached hydrogens (tertiary/aromatic N) is 2. The van der Waals surface area contributed by atoms with E-state index in [0.717, 1.165) is 37.7 Å². The zero-order chi connectivity index (χ0) is 27.2. The SMILES string of the molecule is CC[C@]12C=CCOC(=O)[C@H]1[C@H]1C(=O)N([C@@H](CO)Cc3ccccc3)C3C(=O)N(C4CCCCC4)CC=C[C@@]31O2. The molecule has 3 fully saturated rings. The fraction of sp³-hybridized carbons (Fsp3) is 0.581. The Balaban J connectivity index is 1.48. The Kier molecular flexibility index (Phi) is 6.88. The summed E-state index contributed by atoms with van der Waals surface area (Å²) in [4.78, 5) is 46.1. The number of ether oxygens (including phenoxy) is 2. The van der Waals surface area contributed by atoms with Crippen molar-refractivity contribution in [1.29, 1.82) is 0 Å². The van der Waals surface area contributed by atoms with Crippen LogP contribution in [-0.4, -0.2) is 81.8 Å². The van der Waals surface area contributed by atoms with Gasteiger partial charge in [-0.05, 0) is 37.3 Å². The summed E-state index contributed by atoms with van der Waals surface area (Å²) in [5.41, 5.74) is -1.42. The molecule has 5 aliphatic rings. The average molecular weight is 535 g/mol. The van der Waals surface area contributed by atoms with E-state index in [2.05, 4.69) is 0 Å². The molecular weight excluding hydrogens is 496 g/mol. The zero-order valence-corrected chi connectivity index (χ0v) is 22.5. The van der Waals surface area contributed by atoms with Crippen LogP contribution in [0.1, 0.15) is 51.0 Å². The lowest BCUT2D eigenvalue weighted by molar-refractivity contribution is -0.162. The van der Waals surface area contributed by atoms with Gasteiger partial charge in [0.2, 0.25) is 11.8 Å². The summed E-state index contributed by atoms with van der Waals surface area (Å²) in [6, 6.07) is 8.14. The van der Waals surface area contributed by atoms with Gasteiger partial charge in [-0.25, -0.2) is 0 Å². The number of esters is 1. The van der Waals surface area contributed by atoms with Gasteiger partial charge in [0.15, 0.2) is 0 Å². The maximum atomic E-state index is 14.6. The first-order valence-electron chi connectivity index (χ1n) is 14.5. The molecule has 6 rings (SSSR count). The molecule has 1 spiro atoms. The predicted octanol–water partition coefficient (Wildman–Crippen LogP) is 2.80. The van der Waals surface area contributed by atoms with Crippen LogP contribution < -0.4 is 0 Å². The number of aliphatic hydroxyl groups is 1. The van der Waals surface area contributed by atoms with E-state index in [1.54, 1.807) is 11.0 Å². The Morgan fingerprint density at radius 1 is 1.00 bits per heavy atom. The van der Waals surface area contributed by atoms with Crippen LogP contribution in [0.15, 0.2) is 54.6 Å². The van der Waals surface area contributed by atoms with Crippen LogP contribution in [0.4, 0.5) is 0 Å². The molecule has 1 aromatic carbocycles. The van der Waals surface area contributed by atoms with Gasteiger partial charge in [-0.15, -0.1) is 0 Å². The Labute approximate surface area is 229 Å². The molecule has 6 atom stereocenters. The Morgan fingerprint density at radius 2 is 1.77 bits per heavy atom. The Bertz CT molecular complexity index is 1180. The maximum Gasteiger partial charge on any atom is 0.313 e. The molecule has 8 nitrogen and oxygen atoms in total. The van der Waals surface area contributed by atoms with Gasteiger partial charge in [0.1, 0.15) is 29.8 Å². The lowest BCUT2D eigenvalue weighted by Gasteiger charge is -2.42. The molecule has 1 unspecified atom stereocenters. The van der Waals surface area contributed by atoms with Gasteiger partial charge in [0.05, 0.1) is 18.6 Å². The lowest BCUT2D eigenvalue weighted by atomic mass is 9.73. The molecule has 1 N–H and O–H groups in total. The van der Waals surface area contributed by atoms with E-state index in [1.165, 1.54) is 0 Å². The van der Waals surface area contributed by atoms with Crippen LogP contribution in [0.3, 0.4) is 0 Å². The second kappa shape index (κ2) is 10.2. The van der Waals surface area contributed by atoms with Crippen molar-refractivity contribution in [2.24, 2.45) is 11.8 Å². The maximum absolute atomic E-state index is 14.6. The summed E-state index contributed by atoms with van der Waals surface area (Å²) in [6.07, 6.45) is 13.5. The van der Waals surface area contributed by atoms with Crippen molar-refractivity contribution >= 4 is 17.8 Å². The largest absolute Gasteiger partial charge is 0.461 e. The van der Waals surface area contributed by atoms with E-state index in [4.69, 9.17) is 9.47 Å². The fourth-order valence-corrected chi connectivity index (χ4v) is 7.80. The first-order chi connectivity index (χ1) is 19.0. The number of fused-ring (bicyclic) bond motifs is 2. The van der Waals surface area contributed by atoms with Crippen LogP contribution in [-0.2, 0) is 30.3 Å². The van der Waals surface area contributed by atoms with E-state index in [1.807, 2.05) is 60.4 Å². The van der Waals surface area contributed by atoms with Crippen molar-refractivity contribution < 1.29 is 29.0 Å². The van der Waals surface area contributed by atoms with Gasteiger partial charge in [-0.2, -0.15) is 0 Å². The number of rotatable bonds is 6. The molecule has 1 aliphatic carbocycles. The molecule has 208 valence electrons. The summed E-state index contributed by atoms with van der Waals surface area (Å²) in [5, 5.41) is 10.6. The molecule has 0 aromatic heterocycles. The molecule has 0 radical (unpaired) electrons. The van der Waals surface area contributed by atoms with Crippen molar-refractivity contribution in [2.75, 3.05) is 19.8 Å². The van der Waals surface area contributed by atoms with E-state index < -0.39 is 41.1 Å². The summed E-state index contributed by atoms with van der Waals surface area (Å²) in [7, 11) is 0. The van der Waals surface area contributed by atoms with Crippen LogP contribution in [0.5, 0.6) is 0 Å². The molecule has 2 saturated heterocycles. The smallest absolute Gasteiger partial charge is 0.313 e. The highest BCUT2D eigenvalue weighted by Crippen LogP contribution is 2.59. The van der Waals surface area contributed by atoms with Crippen molar-refractivity contribution in [2.45, 2.75) is 81.2 Å². The Morgan fingerprint density at radius 3 is 2.49 bits per heavy atom. The van der Waals surface area contributed by atoms with Crippen LogP contribution in [0.2, 0.25) is 0 Å². The van der Waals surface area contributed by atoms with E-state index >= 15 is 0 Å². The minimum absolute atomic E-state index is 0.0978. The number of hydrogen-bond acceptors (Lipinski definition) is 6. The number of carbonyl (C=O) groups excluding carboxylic acids is 3. The van der Waals surface area contributed by atoms with Gasteiger partial charge >= 0.3 is 5.97 Å². The average Bonchev–Trinajstić information content (AvgIpc) is 3.24. The molecular formula is C31H38N2O6. The highest BCUT2D eigenvalue weighted by molar-refractivity contribution is 5.99. The quantitative estimate of drug-likeness (QED) is 0.446. The molecule has 1 aromatic rings. The summed E-state index contributed by atoms with van der Waals surface area (Å²) >= 11 is 0. The number of aliphatic hydroxyl groups excluding tert-OH is 1.